The third-order valence-corrected chi connectivity index (χ3v) is 2.65. The molecule has 0 aliphatic heterocycles. The van der Waals surface area contributed by atoms with Crippen LogP contribution < -0.4 is 10.5 Å². The summed E-state index contributed by atoms with van der Waals surface area (Å²) in [7, 11) is 0. The van der Waals surface area contributed by atoms with Crippen LogP contribution in [0.3, 0.4) is 0 Å². The maximum Gasteiger partial charge on any atom is 0.153 e. The number of hydrogen-bond donors (Lipinski definition) is 1. The number of rotatable bonds is 2. The van der Waals surface area contributed by atoms with Gasteiger partial charge in [0.05, 0.1) is 10.7 Å². The average molecular weight is 281 g/mol. The van der Waals surface area contributed by atoms with Crippen molar-refractivity contribution in [3.63, 3.8) is 0 Å². The van der Waals surface area contributed by atoms with Gasteiger partial charge < -0.3 is 10.5 Å². The second-order valence-corrected chi connectivity index (χ2v) is 4.04. The van der Waals surface area contributed by atoms with Gasteiger partial charge >= 0.3 is 0 Å². The van der Waals surface area contributed by atoms with Gasteiger partial charge in [-0.05, 0) is 18.2 Å². The van der Waals surface area contributed by atoms with Gasteiger partial charge in [-0.2, -0.15) is 5.26 Å². The minimum absolute atomic E-state index is 0.0380. The highest BCUT2D eigenvalue weighted by Crippen LogP contribution is 2.33. The van der Waals surface area contributed by atoms with Crippen molar-refractivity contribution < 1.29 is 13.5 Å². The molecule has 0 heterocycles. The zero-order valence-corrected chi connectivity index (χ0v) is 10.2. The fourth-order valence-corrected chi connectivity index (χ4v) is 1.62. The summed E-state index contributed by atoms with van der Waals surface area (Å²) in [6.45, 7) is 0. The second-order valence-electron chi connectivity index (χ2n) is 3.63. The van der Waals surface area contributed by atoms with E-state index in [-0.39, 0.29) is 27.8 Å². The number of anilines is 1. The number of halogens is 3. The Balaban J connectivity index is 2.45. The molecule has 0 saturated carbocycles. The topological polar surface area (TPSA) is 59.0 Å². The molecule has 6 heteroatoms. The summed E-state index contributed by atoms with van der Waals surface area (Å²) in [5, 5.41) is 8.70. The quantitative estimate of drug-likeness (QED) is 0.850. The van der Waals surface area contributed by atoms with E-state index in [0.29, 0.717) is 0 Å². The molecule has 2 rings (SSSR count). The van der Waals surface area contributed by atoms with Gasteiger partial charge in [-0.15, -0.1) is 0 Å². The predicted octanol–water partition coefficient (Wildman–Crippen LogP) is 3.86. The summed E-state index contributed by atoms with van der Waals surface area (Å²) < 4.78 is 31.9. The minimum Gasteiger partial charge on any atom is -0.454 e. The van der Waals surface area contributed by atoms with Crippen molar-refractivity contribution in [1.82, 2.24) is 0 Å². The van der Waals surface area contributed by atoms with Crippen molar-refractivity contribution in [1.29, 1.82) is 5.26 Å². The molecule has 96 valence electrons. The predicted molar refractivity (Wildman–Crippen MR) is 67.0 cm³/mol. The van der Waals surface area contributed by atoms with Gasteiger partial charge in [0.15, 0.2) is 5.75 Å². The highest BCUT2D eigenvalue weighted by molar-refractivity contribution is 6.31. The molecule has 0 bridgehead atoms. The molecule has 0 saturated heterocycles. The van der Waals surface area contributed by atoms with Crippen LogP contribution in [0.5, 0.6) is 11.5 Å². The molecule has 0 radical (unpaired) electrons. The van der Waals surface area contributed by atoms with Crippen LogP contribution in [0.4, 0.5) is 14.5 Å². The molecule has 0 aromatic heterocycles. The highest BCUT2D eigenvalue weighted by Gasteiger charge is 2.13. The Kier molecular flexibility index (Phi) is 3.54. The molecular formula is C13H7ClF2N2O. The van der Waals surface area contributed by atoms with Crippen LogP contribution in [-0.2, 0) is 0 Å². The minimum atomic E-state index is -0.729. The Hall–Kier alpha value is -2.32. The van der Waals surface area contributed by atoms with E-state index in [1.165, 1.54) is 18.2 Å². The van der Waals surface area contributed by atoms with E-state index in [1.54, 1.807) is 6.07 Å². The first-order chi connectivity index (χ1) is 9.02. The summed E-state index contributed by atoms with van der Waals surface area (Å²) in [4.78, 5) is 0. The molecule has 0 aliphatic carbocycles. The normalized spacial score (nSPS) is 10.0. The van der Waals surface area contributed by atoms with Crippen LogP contribution in [-0.4, -0.2) is 0 Å². The first-order valence-corrected chi connectivity index (χ1v) is 5.51. The summed E-state index contributed by atoms with van der Waals surface area (Å²) in [5.41, 5.74) is 5.42. The van der Waals surface area contributed by atoms with Gasteiger partial charge in [-0.25, -0.2) is 8.78 Å². The Morgan fingerprint density at radius 2 is 1.89 bits per heavy atom. The van der Waals surface area contributed by atoms with Crippen LogP contribution in [0, 0.1) is 23.0 Å². The molecule has 0 fully saturated rings. The third kappa shape index (κ3) is 2.59. The Morgan fingerprint density at radius 1 is 1.16 bits per heavy atom. The fourth-order valence-electron chi connectivity index (χ4n) is 1.45. The lowest BCUT2D eigenvalue weighted by molar-refractivity contribution is 0.471. The molecule has 0 amide bonds. The van der Waals surface area contributed by atoms with Crippen molar-refractivity contribution in [2.24, 2.45) is 0 Å². The Morgan fingerprint density at radius 3 is 2.58 bits per heavy atom. The molecule has 0 spiro atoms. The van der Waals surface area contributed by atoms with E-state index in [1.807, 2.05) is 0 Å². The van der Waals surface area contributed by atoms with E-state index >= 15 is 0 Å². The molecule has 19 heavy (non-hydrogen) atoms. The monoisotopic (exact) mass is 280 g/mol. The molecule has 2 N–H and O–H groups in total. The number of hydrogen-bond acceptors (Lipinski definition) is 3. The molecule has 2 aromatic rings. The van der Waals surface area contributed by atoms with Crippen molar-refractivity contribution in [3.05, 3.63) is 52.6 Å². The lowest BCUT2D eigenvalue weighted by Crippen LogP contribution is -1.96. The molecular weight excluding hydrogens is 274 g/mol. The maximum atomic E-state index is 13.4. The Labute approximate surface area is 112 Å². The molecule has 0 atom stereocenters. The molecule has 2 aromatic carbocycles. The van der Waals surface area contributed by atoms with Crippen LogP contribution >= 0.6 is 11.6 Å². The molecule has 0 aliphatic rings. The lowest BCUT2D eigenvalue weighted by Gasteiger charge is -2.10. The van der Waals surface area contributed by atoms with E-state index in [9.17, 15) is 8.78 Å². The van der Waals surface area contributed by atoms with E-state index in [4.69, 9.17) is 27.3 Å². The van der Waals surface area contributed by atoms with Crippen LogP contribution in [0.1, 0.15) is 5.56 Å². The van der Waals surface area contributed by atoms with Crippen LogP contribution in [0.15, 0.2) is 30.3 Å². The number of nitrogen functional groups attached to an aromatic ring is 1. The SMILES string of the molecule is N#Cc1c(F)cccc1Oc1cc(F)c(Cl)cc1N. The highest BCUT2D eigenvalue weighted by atomic mass is 35.5. The average Bonchev–Trinajstić information content (AvgIpc) is 2.36. The van der Waals surface area contributed by atoms with Crippen molar-refractivity contribution in [3.8, 4) is 17.6 Å². The summed E-state index contributed by atoms with van der Waals surface area (Å²) in [6.07, 6.45) is 0. The number of benzene rings is 2. The third-order valence-electron chi connectivity index (χ3n) is 2.36. The zero-order valence-electron chi connectivity index (χ0n) is 9.45. The fraction of sp³-hybridized carbons (Fsp3) is 0. The summed E-state index contributed by atoms with van der Waals surface area (Å²) in [5.74, 6) is -1.53. The Bertz CT molecular complexity index is 683. The molecule has 3 nitrogen and oxygen atoms in total. The zero-order chi connectivity index (χ0) is 14.0. The van der Waals surface area contributed by atoms with Crippen LogP contribution in [0.2, 0.25) is 5.02 Å². The van der Waals surface area contributed by atoms with Gasteiger partial charge in [0, 0.05) is 6.07 Å². The van der Waals surface area contributed by atoms with E-state index < -0.39 is 11.6 Å². The first-order valence-electron chi connectivity index (χ1n) is 5.14. The van der Waals surface area contributed by atoms with E-state index in [2.05, 4.69) is 0 Å². The number of nitriles is 1. The number of nitrogens with two attached hydrogens (primary N) is 1. The van der Waals surface area contributed by atoms with Gasteiger partial charge in [0.25, 0.3) is 0 Å². The molecule has 0 unspecified atom stereocenters. The van der Waals surface area contributed by atoms with Crippen molar-refractivity contribution >= 4 is 17.3 Å². The number of ether oxygens (including phenoxy) is 1. The van der Waals surface area contributed by atoms with Gasteiger partial charge in [0.2, 0.25) is 0 Å². The first kappa shape index (κ1) is 13.1. The van der Waals surface area contributed by atoms with Crippen molar-refractivity contribution in [2.75, 3.05) is 5.73 Å². The maximum absolute atomic E-state index is 13.4. The summed E-state index contributed by atoms with van der Waals surface area (Å²) >= 11 is 5.55. The standard InChI is InChI=1S/C13H7ClF2N2O/c14-8-4-11(18)13(5-10(8)16)19-12-3-1-2-9(15)7(12)6-17/h1-5H,18H2. The largest absolute Gasteiger partial charge is 0.454 e. The van der Waals surface area contributed by atoms with Crippen LogP contribution in [0.25, 0.3) is 0 Å². The smallest absolute Gasteiger partial charge is 0.153 e. The van der Waals surface area contributed by atoms with Crippen molar-refractivity contribution in [2.45, 2.75) is 0 Å². The van der Waals surface area contributed by atoms with Gasteiger partial charge in [-0.1, -0.05) is 17.7 Å². The lowest BCUT2D eigenvalue weighted by atomic mass is 10.2. The van der Waals surface area contributed by atoms with Gasteiger partial charge in [0.1, 0.15) is 29.0 Å². The summed E-state index contributed by atoms with van der Waals surface area (Å²) in [6, 6.07) is 7.70. The second kappa shape index (κ2) is 5.12. The van der Waals surface area contributed by atoms with E-state index in [0.717, 1.165) is 12.1 Å². The number of nitrogens with zero attached hydrogens (tertiary/aromatic N) is 1. The van der Waals surface area contributed by atoms with Gasteiger partial charge in [-0.3, -0.25) is 0 Å².